The van der Waals surface area contributed by atoms with Gasteiger partial charge in [-0.1, -0.05) is 37.3 Å². The Morgan fingerprint density at radius 2 is 1.95 bits per heavy atom. The van der Waals surface area contributed by atoms with Gasteiger partial charge in [0.25, 0.3) is 0 Å². The lowest BCUT2D eigenvalue weighted by Crippen LogP contribution is -2.44. The zero-order valence-electron chi connectivity index (χ0n) is 11.8. The first-order chi connectivity index (χ1) is 9.04. The largest absolute Gasteiger partial charge is 0.391 e. The van der Waals surface area contributed by atoms with Crippen molar-refractivity contribution in [1.29, 1.82) is 0 Å². The van der Waals surface area contributed by atoms with Gasteiger partial charge in [-0.25, -0.2) is 0 Å². The summed E-state index contributed by atoms with van der Waals surface area (Å²) in [6.07, 6.45) is 1.98. The number of carbonyl (C=O) groups is 1. The number of amides is 1. The fraction of sp³-hybridized carbons (Fsp3) is 0.533. The molecule has 1 rings (SSSR count). The molecule has 3 nitrogen and oxygen atoms in total. The maximum atomic E-state index is 11.9. The molecular weight excluding hydrogens is 258 g/mol. The van der Waals surface area contributed by atoms with Gasteiger partial charge in [0.2, 0.25) is 5.91 Å². The molecule has 0 aliphatic rings. The third kappa shape index (κ3) is 5.66. The van der Waals surface area contributed by atoms with Crippen LogP contribution in [0.25, 0.3) is 0 Å². The Morgan fingerprint density at radius 1 is 1.32 bits per heavy atom. The molecule has 19 heavy (non-hydrogen) atoms. The van der Waals surface area contributed by atoms with Crippen LogP contribution in [0.15, 0.2) is 30.3 Å². The van der Waals surface area contributed by atoms with E-state index in [1.807, 2.05) is 50.4 Å². The number of benzene rings is 1. The molecule has 1 aromatic carbocycles. The summed E-state index contributed by atoms with van der Waals surface area (Å²) in [5.74, 6) is 0.781. The number of hydrogen-bond donors (Lipinski definition) is 2. The topological polar surface area (TPSA) is 49.3 Å². The van der Waals surface area contributed by atoms with E-state index in [2.05, 4.69) is 5.32 Å². The van der Waals surface area contributed by atoms with Gasteiger partial charge in [-0.05, 0) is 18.7 Å². The van der Waals surface area contributed by atoms with Crippen LogP contribution in [0.2, 0.25) is 0 Å². The normalized spacial score (nSPS) is 15.6. The minimum Gasteiger partial charge on any atom is -0.391 e. The number of aliphatic hydroxyl groups excluding tert-OH is 1. The van der Waals surface area contributed by atoms with Crippen LogP contribution < -0.4 is 5.32 Å². The summed E-state index contributed by atoms with van der Waals surface area (Å²) < 4.78 is 0. The molecule has 0 bridgehead atoms. The number of aliphatic hydroxyl groups is 1. The van der Waals surface area contributed by atoms with Crippen molar-refractivity contribution in [1.82, 2.24) is 5.32 Å². The quantitative estimate of drug-likeness (QED) is 0.804. The van der Waals surface area contributed by atoms with Crippen molar-refractivity contribution in [3.05, 3.63) is 35.9 Å². The second-order valence-corrected chi connectivity index (χ2v) is 5.82. The number of nitrogens with one attached hydrogen (secondary N) is 1. The fourth-order valence-electron chi connectivity index (χ4n) is 1.82. The lowest BCUT2D eigenvalue weighted by Gasteiger charge is -2.22. The van der Waals surface area contributed by atoms with Crippen LogP contribution >= 0.6 is 11.8 Å². The maximum Gasteiger partial charge on any atom is 0.223 e. The predicted molar refractivity (Wildman–Crippen MR) is 81.3 cm³/mol. The van der Waals surface area contributed by atoms with Crippen molar-refractivity contribution in [2.24, 2.45) is 5.92 Å². The molecule has 3 atom stereocenters. The molecule has 1 amide bonds. The summed E-state index contributed by atoms with van der Waals surface area (Å²) in [7, 11) is 0. The number of rotatable bonds is 7. The SMILES string of the molecule is CSCC(C)C(=O)NC(C)C(O)Cc1ccccc1. The average molecular weight is 281 g/mol. The smallest absolute Gasteiger partial charge is 0.223 e. The van der Waals surface area contributed by atoms with Gasteiger partial charge in [0.1, 0.15) is 0 Å². The van der Waals surface area contributed by atoms with Crippen molar-refractivity contribution >= 4 is 17.7 Å². The summed E-state index contributed by atoms with van der Waals surface area (Å²) in [6.45, 7) is 3.75. The molecule has 0 saturated heterocycles. The van der Waals surface area contributed by atoms with Crippen molar-refractivity contribution in [3.63, 3.8) is 0 Å². The van der Waals surface area contributed by atoms with Gasteiger partial charge in [-0.3, -0.25) is 4.79 Å². The highest BCUT2D eigenvalue weighted by atomic mass is 32.2. The highest BCUT2D eigenvalue weighted by molar-refractivity contribution is 7.98. The zero-order chi connectivity index (χ0) is 14.3. The average Bonchev–Trinajstić information content (AvgIpc) is 2.40. The van der Waals surface area contributed by atoms with E-state index in [1.165, 1.54) is 0 Å². The van der Waals surface area contributed by atoms with Crippen molar-refractivity contribution in [2.75, 3.05) is 12.0 Å². The maximum absolute atomic E-state index is 11.9. The Hall–Kier alpha value is -1.00. The molecule has 1 aromatic rings. The lowest BCUT2D eigenvalue weighted by atomic mass is 10.0. The predicted octanol–water partition coefficient (Wildman–Crippen LogP) is 2.09. The summed E-state index contributed by atoms with van der Waals surface area (Å²) in [6, 6.07) is 9.57. The molecule has 0 saturated carbocycles. The highest BCUT2D eigenvalue weighted by Gasteiger charge is 2.20. The van der Waals surface area contributed by atoms with E-state index in [-0.39, 0.29) is 17.9 Å². The molecule has 0 aliphatic carbocycles. The van der Waals surface area contributed by atoms with Crippen molar-refractivity contribution < 1.29 is 9.90 Å². The second kappa shape index (κ2) is 8.23. The zero-order valence-corrected chi connectivity index (χ0v) is 12.6. The Balaban J connectivity index is 2.44. The van der Waals surface area contributed by atoms with Gasteiger partial charge in [0, 0.05) is 18.1 Å². The molecule has 3 unspecified atom stereocenters. The van der Waals surface area contributed by atoms with Gasteiger partial charge in [0.15, 0.2) is 0 Å². The van der Waals surface area contributed by atoms with E-state index in [0.717, 1.165) is 11.3 Å². The van der Waals surface area contributed by atoms with E-state index in [1.54, 1.807) is 11.8 Å². The van der Waals surface area contributed by atoms with E-state index in [4.69, 9.17) is 0 Å². The Labute approximate surface area is 119 Å². The van der Waals surface area contributed by atoms with Gasteiger partial charge >= 0.3 is 0 Å². The molecular formula is C15H23NO2S. The molecule has 0 spiro atoms. The van der Waals surface area contributed by atoms with Crippen LogP contribution in [0.3, 0.4) is 0 Å². The Morgan fingerprint density at radius 3 is 2.53 bits per heavy atom. The summed E-state index contributed by atoms with van der Waals surface area (Å²) in [5, 5.41) is 13.0. The fourth-order valence-corrected chi connectivity index (χ4v) is 2.47. The molecule has 4 heteroatoms. The first-order valence-electron chi connectivity index (χ1n) is 6.56. The van der Waals surface area contributed by atoms with Crippen LogP contribution in [0.1, 0.15) is 19.4 Å². The molecule has 0 radical (unpaired) electrons. The first kappa shape index (κ1) is 16.1. The first-order valence-corrected chi connectivity index (χ1v) is 7.95. The lowest BCUT2D eigenvalue weighted by molar-refractivity contribution is -0.125. The molecule has 106 valence electrons. The summed E-state index contributed by atoms with van der Waals surface area (Å²) in [5.41, 5.74) is 1.08. The summed E-state index contributed by atoms with van der Waals surface area (Å²) >= 11 is 1.65. The van der Waals surface area contributed by atoms with Crippen LogP contribution in [0.5, 0.6) is 0 Å². The molecule has 0 heterocycles. The molecule has 0 aromatic heterocycles. The van der Waals surface area contributed by atoms with Gasteiger partial charge < -0.3 is 10.4 Å². The third-order valence-electron chi connectivity index (χ3n) is 3.10. The second-order valence-electron chi connectivity index (χ2n) is 4.91. The minimum absolute atomic E-state index is 0.00830. The van der Waals surface area contributed by atoms with E-state index < -0.39 is 6.10 Å². The monoisotopic (exact) mass is 281 g/mol. The van der Waals surface area contributed by atoms with Crippen molar-refractivity contribution in [3.8, 4) is 0 Å². The molecule has 2 N–H and O–H groups in total. The van der Waals surface area contributed by atoms with E-state index in [9.17, 15) is 9.90 Å². The highest BCUT2D eigenvalue weighted by Crippen LogP contribution is 2.08. The third-order valence-corrected chi connectivity index (χ3v) is 3.93. The van der Waals surface area contributed by atoms with Gasteiger partial charge in [-0.2, -0.15) is 11.8 Å². The number of carbonyl (C=O) groups excluding carboxylic acids is 1. The standard InChI is InChI=1S/C15H23NO2S/c1-11(10-19-3)15(18)16-12(2)14(17)9-13-7-5-4-6-8-13/h4-8,11-12,14,17H,9-10H2,1-3H3,(H,16,18). The molecule has 0 aliphatic heterocycles. The Bertz CT molecular complexity index is 383. The van der Waals surface area contributed by atoms with Crippen molar-refractivity contribution in [2.45, 2.75) is 32.4 Å². The Kier molecular flexibility index (Phi) is 6.95. The van der Waals surface area contributed by atoms with Gasteiger partial charge in [-0.15, -0.1) is 0 Å². The van der Waals surface area contributed by atoms with Crippen LogP contribution in [-0.4, -0.2) is 35.2 Å². The van der Waals surface area contributed by atoms with Crippen LogP contribution in [0.4, 0.5) is 0 Å². The molecule has 0 fully saturated rings. The van der Waals surface area contributed by atoms with Crippen LogP contribution in [0, 0.1) is 5.92 Å². The number of thioether (sulfide) groups is 1. The van der Waals surface area contributed by atoms with E-state index in [0.29, 0.717) is 6.42 Å². The summed E-state index contributed by atoms with van der Waals surface area (Å²) in [4.78, 5) is 11.9. The number of hydrogen-bond acceptors (Lipinski definition) is 3. The van der Waals surface area contributed by atoms with Gasteiger partial charge in [0.05, 0.1) is 12.1 Å². The van der Waals surface area contributed by atoms with E-state index >= 15 is 0 Å². The van der Waals surface area contributed by atoms with Crippen LogP contribution in [-0.2, 0) is 11.2 Å². The minimum atomic E-state index is -0.562.